The number of hydrogen-bond acceptors (Lipinski definition) is 3. The van der Waals surface area contributed by atoms with E-state index in [0.717, 1.165) is 12.8 Å². The van der Waals surface area contributed by atoms with Crippen LogP contribution in [-0.4, -0.2) is 42.6 Å². The van der Waals surface area contributed by atoms with Gasteiger partial charge in [0.05, 0.1) is 6.42 Å². The van der Waals surface area contributed by atoms with Crippen LogP contribution in [0.1, 0.15) is 25.7 Å². The highest BCUT2D eigenvalue weighted by Crippen LogP contribution is 2.33. The van der Waals surface area contributed by atoms with Crippen molar-refractivity contribution in [1.82, 2.24) is 16.0 Å². The Bertz CT molecular complexity index is 328. The Morgan fingerprint density at radius 1 is 1.33 bits per heavy atom. The van der Waals surface area contributed by atoms with Crippen molar-refractivity contribution < 1.29 is 19.5 Å². The first-order chi connectivity index (χ1) is 8.52. The van der Waals surface area contributed by atoms with Crippen LogP contribution in [0.2, 0.25) is 0 Å². The minimum atomic E-state index is -0.919. The molecule has 0 aromatic rings. The fourth-order valence-corrected chi connectivity index (χ4v) is 1.66. The first-order valence-electron chi connectivity index (χ1n) is 5.99. The number of rotatable bonds is 7. The molecule has 1 rings (SSSR count). The minimum Gasteiger partial charge on any atom is -0.481 e. The molecule has 18 heavy (non-hydrogen) atoms. The topological polar surface area (TPSA) is 108 Å². The summed E-state index contributed by atoms with van der Waals surface area (Å²) in [5.74, 6) is -0.803. The monoisotopic (exact) mass is 257 g/mol. The van der Waals surface area contributed by atoms with Crippen molar-refractivity contribution in [2.75, 3.05) is 13.6 Å². The largest absolute Gasteiger partial charge is 0.481 e. The van der Waals surface area contributed by atoms with Gasteiger partial charge in [0, 0.05) is 26.1 Å². The Balaban J connectivity index is 2.24. The Morgan fingerprint density at radius 3 is 2.50 bits per heavy atom. The van der Waals surface area contributed by atoms with Crippen LogP contribution in [-0.2, 0) is 9.59 Å². The first-order valence-corrected chi connectivity index (χ1v) is 5.99. The van der Waals surface area contributed by atoms with Crippen LogP contribution in [0.15, 0.2) is 0 Å². The van der Waals surface area contributed by atoms with E-state index in [1.165, 1.54) is 7.05 Å². The highest BCUT2D eigenvalue weighted by atomic mass is 16.4. The molecule has 7 heteroatoms. The zero-order valence-electron chi connectivity index (χ0n) is 10.4. The van der Waals surface area contributed by atoms with E-state index in [0.29, 0.717) is 0 Å². The van der Waals surface area contributed by atoms with Gasteiger partial charge in [-0.15, -0.1) is 0 Å². The lowest BCUT2D eigenvalue weighted by molar-refractivity contribution is -0.137. The number of urea groups is 1. The van der Waals surface area contributed by atoms with Crippen molar-refractivity contribution in [2.24, 2.45) is 5.92 Å². The molecule has 1 aliphatic rings. The predicted octanol–water partition coefficient (Wildman–Crippen LogP) is -0.325. The lowest BCUT2D eigenvalue weighted by Crippen LogP contribution is -2.44. The molecule has 0 bridgehead atoms. The van der Waals surface area contributed by atoms with Crippen molar-refractivity contribution >= 4 is 17.9 Å². The summed E-state index contributed by atoms with van der Waals surface area (Å²) in [6.45, 7) is 0.232. The maximum absolute atomic E-state index is 11.5. The normalized spacial score (nSPS) is 15.6. The van der Waals surface area contributed by atoms with E-state index in [-0.39, 0.29) is 37.3 Å². The van der Waals surface area contributed by atoms with Gasteiger partial charge in [0.25, 0.3) is 0 Å². The molecule has 1 unspecified atom stereocenters. The van der Waals surface area contributed by atoms with E-state index in [4.69, 9.17) is 5.11 Å². The van der Waals surface area contributed by atoms with Gasteiger partial charge in [-0.1, -0.05) is 0 Å². The summed E-state index contributed by atoms with van der Waals surface area (Å²) in [6.07, 6.45) is 2.05. The number of aliphatic carboxylic acids is 1. The number of hydrogen-bond donors (Lipinski definition) is 4. The molecule has 0 aromatic carbocycles. The molecule has 0 heterocycles. The number of carboxylic acids is 1. The van der Waals surface area contributed by atoms with Crippen LogP contribution >= 0.6 is 0 Å². The second-order valence-corrected chi connectivity index (χ2v) is 4.37. The van der Waals surface area contributed by atoms with Gasteiger partial charge in [-0.25, -0.2) is 4.79 Å². The van der Waals surface area contributed by atoms with Crippen LogP contribution in [0.4, 0.5) is 4.79 Å². The molecule has 1 saturated carbocycles. The molecule has 1 fully saturated rings. The summed E-state index contributed by atoms with van der Waals surface area (Å²) < 4.78 is 0. The molecule has 0 spiro atoms. The fraction of sp³-hybridized carbons (Fsp3) is 0.727. The SMILES string of the molecule is CNC(=O)CCNC(=O)NC(CC(=O)O)C1CC1. The van der Waals surface area contributed by atoms with Crippen molar-refractivity contribution in [3.05, 3.63) is 0 Å². The summed E-state index contributed by atoms with van der Waals surface area (Å²) in [6, 6.07) is -0.737. The standard InChI is InChI=1S/C11H19N3O4/c1-12-9(15)4-5-13-11(18)14-8(6-10(16)17)7-2-3-7/h7-8H,2-6H2,1H3,(H,12,15)(H,16,17)(H2,13,14,18). The van der Waals surface area contributed by atoms with E-state index < -0.39 is 12.0 Å². The smallest absolute Gasteiger partial charge is 0.315 e. The number of carbonyl (C=O) groups is 3. The van der Waals surface area contributed by atoms with Gasteiger partial charge in [0.15, 0.2) is 0 Å². The maximum atomic E-state index is 11.5. The van der Waals surface area contributed by atoms with Crippen LogP contribution in [0.25, 0.3) is 0 Å². The highest BCUT2D eigenvalue weighted by Gasteiger charge is 2.33. The van der Waals surface area contributed by atoms with Crippen molar-refractivity contribution in [3.8, 4) is 0 Å². The maximum Gasteiger partial charge on any atom is 0.315 e. The van der Waals surface area contributed by atoms with Crippen LogP contribution in [0, 0.1) is 5.92 Å². The number of nitrogens with one attached hydrogen (secondary N) is 3. The fourth-order valence-electron chi connectivity index (χ4n) is 1.66. The van der Waals surface area contributed by atoms with Crippen molar-refractivity contribution in [3.63, 3.8) is 0 Å². The Hall–Kier alpha value is -1.79. The van der Waals surface area contributed by atoms with E-state index >= 15 is 0 Å². The lowest BCUT2D eigenvalue weighted by Gasteiger charge is -2.16. The Labute approximate surface area is 105 Å². The van der Waals surface area contributed by atoms with E-state index in [2.05, 4.69) is 16.0 Å². The summed E-state index contributed by atoms with van der Waals surface area (Å²) in [5, 5.41) is 16.3. The molecule has 7 nitrogen and oxygen atoms in total. The van der Waals surface area contributed by atoms with Crippen molar-refractivity contribution in [2.45, 2.75) is 31.7 Å². The van der Waals surface area contributed by atoms with Gasteiger partial charge in [-0.05, 0) is 18.8 Å². The molecule has 0 saturated heterocycles. The number of amides is 3. The quantitative estimate of drug-likeness (QED) is 0.501. The van der Waals surface area contributed by atoms with Gasteiger partial charge in [0.1, 0.15) is 0 Å². The number of carboxylic acid groups (broad SMARTS) is 1. The molecule has 3 amide bonds. The predicted molar refractivity (Wildman–Crippen MR) is 64.0 cm³/mol. The molecular formula is C11H19N3O4. The van der Waals surface area contributed by atoms with E-state index in [9.17, 15) is 14.4 Å². The molecule has 1 atom stereocenters. The van der Waals surface area contributed by atoms with Gasteiger partial charge in [-0.2, -0.15) is 0 Å². The van der Waals surface area contributed by atoms with Crippen molar-refractivity contribution in [1.29, 1.82) is 0 Å². The first kappa shape index (κ1) is 14.3. The molecular weight excluding hydrogens is 238 g/mol. The number of carbonyl (C=O) groups excluding carboxylic acids is 2. The molecule has 0 aromatic heterocycles. The molecule has 102 valence electrons. The third-order valence-corrected chi connectivity index (χ3v) is 2.82. The molecule has 0 radical (unpaired) electrons. The summed E-state index contributed by atoms with van der Waals surface area (Å²) in [7, 11) is 1.53. The van der Waals surface area contributed by atoms with E-state index in [1.54, 1.807) is 0 Å². The third kappa shape index (κ3) is 5.51. The van der Waals surface area contributed by atoms with Gasteiger partial charge < -0.3 is 21.1 Å². The molecule has 4 N–H and O–H groups in total. The average molecular weight is 257 g/mol. The summed E-state index contributed by atoms with van der Waals surface area (Å²) >= 11 is 0. The molecule has 0 aliphatic heterocycles. The van der Waals surface area contributed by atoms with Gasteiger partial charge >= 0.3 is 12.0 Å². The second kappa shape index (κ2) is 6.83. The van der Waals surface area contributed by atoms with Gasteiger partial charge in [0.2, 0.25) is 5.91 Å². The average Bonchev–Trinajstić information content (AvgIpc) is 3.11. The summed E-state index contributed by atoms with van der Waals surface area (Å²) in [5.41, 5.74) is 0. The van der Waals surface area contributed by atoms with Crippen LogP contribution in [0.3, 0.4) is 0 Å². The Kier molecular flexibility index (Phi) is 5.41. The zero-order valence-corrected chi connectivity index (χ0v) is 10.4. The minimum absolute atomic E-state index is 0.0620. The lowest BCUT2D eigenvalue weighted by atomic mass is 10.1. The highest BCUT2D eigenvalue weighted by molar-refractivity contribution is 5.78. The van der Waals surface area contributed by atoms with Crippen LogP contribution in [0.5, 0.6) is 0 Å². The second-order valence-electron chi connectivity index (χ2n) is 4.37. The van der Waals surface area contributed by atoms with Crippen LogP contribution < -0.4 is 16.0 Å². The van der Waals surface area contributed by atoms with Gasteiger partial charge in [-0.3, -0.25) is 9.59 Å². The third-order valence-electron chi connectivity index (χ3n) is 2.82. The molecule has 1 aliphatic carbocycles. The zero-order chi connectivity index (χ0) is 13.5. The Morgan fingerprint density at radius 2 is 2.00 bits per heavy atom. The van der Waals surface area contributed by atoms with E-state index in [1.807, 2.05) is 0 Å². The summed E-state index contributed by atoms with van der Waals surface area (Å²) in [4.78, 5) is 33.0.